The van der Waals surface area contributed by atoms with Gasteiger partial charge in [0.1, 0.15) is 0 Å². The molecular weight excluding hydrogens is 192 g/mol. The fraction of sp³-hybridized carbons (Fsp3) is 0.750. The van der Waals surface area contributed by atoms with Gasteiger partial charge in [-0.25, -0.2) is 0 Å². The third kappa shape index (κ3) is 5.01. The van der Waals surface area contributed by atoms with Gasteiger partial charge in [0.25, 0.3) is 0 Å². The number of hydrogen-bond donors (Lipinski definition) is 0. The summed E-state index contributed by atoms with van der Waals surface area (Å²) in [5, 5.41) is 0. The van der Waals surface area contributed by atoms with Crippen LogP contribution in [-0.4, -0.2) is 0 Å². The summed E-state index contributed by atoms with van der Waals surface area (Å²) in [6, 6.07) is 0. The Morgan fingerprint density at radius 1 is 1.19 bits per heavy atom. The summed E-state index contributed by atoms with van der Waals surface area (Å²) in [4.78, 5) is 0. The first-order valence-corrected chi connectivity index (χ1v) is 7.09. The van der Waals surface area contributed by atoms with E-state index in [-0.39, 0.29) is 0 Å². The van der Waals surface area contributed by atoms with Gasteiger partial charge >= 0.3 is 0 Å². The summed E-state index contributed by atoms with van der Waals surface area (Å²) in [6.45, 7) is 6.86. The van der Waals surface area contributed by atoms with Gasteiger partial charge in [-0.2, -0.15) is 0 Å². The van der Waals surface area contributed by atoms with E-state index >= 15 is 0 Å². The average molecular weight is 220 g/mol. The zero-order valence-corrected chi connectivity index (χ0v) is 11.3. The lowest BCUT2D eigenvalue weighted by molar-refractivity contribution is 0.333. The zero-order chi connectivity index (χ0) is 11.8. The molecule has 0 saturated heterocycles. The van der Waals surface area contributed by atoms with Crippen molar-refractivity contribution in [1.82, 2.24) is 0 Å². The lowest BCUT2D eigenvalue weighted by atomic mass is 9.85. The number of allylic oxidation sites excluding steroid dienone is 4. The van der Waals surface area contributed by atoms with E-state index < -0.39 is 0 Å². The first-order valence-electron chi connectivity index (χ1n) is 7.09. The maximum Gasteiger partial charge on any atom is -0.0313 e. The highest BCUT2D eigenvalue weighted by Crippen LogP contribution is 2.28. The molecule has 0 spiro atoms. The van der Waals surface area contributed by atoms with Crippen LogP contribution < -0.4 is 0 Å². The average Bonchev–Trinajstić information content (AvgIpc) is 2.45. The van der Waals surface area contributed by atoms with E-state index in [1.54, 1.807) is 0 Å². The minimum atomic E-state index is 0.900. The molecule has 16 heavy (non-hydrogen) atoms. The van der Waals surface area contributed by atoms with Crippen LogP contribution in [0.3, 0.4) is 0 Å². The van der Waals surface area contributed by atoms with Gasteiger partial charge in [0, 0.05) is 0 Å². The van der Waals surface area contributed by atoms with Gasteiger partial charge in [-0.05, 0) is 38.0 Å². The molecule has 0 aromatic heterocycles. The lowest BCUT2D eigenvalue weighted by Crippen LogP contribution is -2.08. The summed E-state index contributed by atoms with van der Waals surface area (Å²) in [5.41, 5.74) is 1.45. The highest BCUT2D eigenvalue weighted by Gasteiger charge is 2.14. The molecule has 1 unspecified atom stereocenters. The fourth-order valence-corrected chi connectivity index (χ4v) is 2.82. The molecule has 92 valence electrons. The molecule has 0 bridgehead atoms. The zero-order valence-electron chi connectivity index (χ0n) is 11.3. The van der Waals surface area contributed by atoms with Crippen molar-refractivity contribution in [2.75, 3.05) is 0 Å². The molecular formula is C16H28. The van der Waals surface area contributed by atoms with E-state index in [9.17, 15) is 0 Å². The Kier molecular flexibility index (Phi) is 6.52. The monoisotopic (exact) mass is 220 g/mol. The van der Waals surface area contributed by atoms with E-state index in [2.05, 4.69) is 39.0 Å². The Morgan fingerprint density at radius 3 is 2.50 bits per heavy atom. The van der Waals surface area contributed by atoms with Crippen LogP contribution in [0.1, 0.15) is 65.7 Å². The van der Waals surface area contributed by atoms with Crippen LogP contribution in [0.15, 0.2) is 23.8 Å². The maximum absolute atomic E-state index is 2.42. The Bertz CT molecular complexity index is 228. The van der Waals surface area contributed by atoms with Crippen molar-refractivity contribution in [3.8, 4) is 0 Å². The van der Waals surface area contributed by atoms with Crippen LogP contribution in [0.4, 0.5) is 0 Å². The van der Waals surface area contributed by atoms with Crippen LogP contribution in [0.25, 0.3) is 0 Å². The molecule has 0 aliphatic heterocycles. The van der Waals surface area contributed by atoms with Gasteiger partial charge in [-0.15, -0.1) is 0 Å². The van der Waals surface area contributed by atoms with E-state index in [0.717, 1.165) is 11.8 Å². The quantitative estimate of drug-likeness (QED) is 0.554. The molecule has 1 aliphatic rings. The third-order valence-electron chi connectivity index (χ3n) is 3.68. The van der Waals surface area contributed by atoms with Crippen LogP contribution >= 0.6 is 0 Å². The van der Waals surface area contributed by atoms with Gasteiger partial charge in [0.05, 0.1) is 0 Å². The maximum atomic E-state index is 2.42. The van der Waals surface area contributed by atoms with Crippen molar-refractivity contribution in [2.45, 2.75) is 65.7 Å². The van der Waals surface area contributed by atoms with Crippen molar-refractivity contribution < 1.29 is 0 Å². The summed E-state index contributed by atoms with van der Waals surface area (Å²) in [7, 11) is 0. The molecule has 0 saturated carbocycles. The molecule has 1 rings (SSSR count). The van der Waals surface area contributed by atoms with E-state index in [0.29, 0.717) is 0 Å². The Hall–Kier alpha value is -0.520. The van der Waals surface area contributed by atoms with Crippen LogP contribution in [-0.2, 0) is 0 Å². The van der Waals surface area contributed by atoms with Crippen molar-refractivity contribution >= 4 is 0 Å². The Balaban J connectivity index is 2.41. The summed E-state index contributed by atoms with van der Waals surface area (Å²) in [5.74, 6) is 1.87. The van der Waals surface area contributed by atoms with Crippen molar-refractivity contribution in [3.05, 3.63) is 23.8 Å². The SMILES string of the molecule is CCCC(CCC)CC1CC=CC(C)=CC1. The molecule has 0 aromatic carbocycles. The smallest absolute Gasteiger partial charge is 0.0313 e. The molecule has 0 heteroatoms. The number of hydrogen-bond acceptors (Lipinski definition) is 0. The first-order chi connectivity index (χ1) is 7.76. The van der Waals surface area contributed by atoms with Crippen molar-refractivity contribution in [2.24, 2.45) is 11.8 Å². The molecule has 0 N–H and O–H groups in total. The second-order valence-corrected chi connectivity index (χ2v) is 5.37. The fourth-order valence-electron chi connectivity index (χ4n) is 2.82. The first kappa shape index (κ1) is 13.5. The Labute approximate surface area is 102 Å². The van der Waals surface area contributed by atoms with Crippen LogP contribution in [0.5, 0.6) is 0 Å². The molecule has 0 heterocycles. The second kappa shape index (κ2) is 7.70. The molecule has 0 aromatic rings. The topological polar surface area (TPSA) is 0 Å². The predicted octanol–water partition coefficient (Wildman–Crippen LogP) is 5.51. The predicted molar refractivity (Wildman–Crippen MR) is 73.5 cm³/mol. The largest absolute Gasteiger partial charge is 0.0840 e. The van der Waals surface area contributed by atoms with Gasteiger partial charge in [-0.3, -0.25) is 0 Å². The van der Waals surface area contributed by atoms with E-state index in [1.165, 1.54) is 50.5 Å². The van der Waals surface area contributed by atoms with Gasteiger partial charge < -0.3 is 0 Å². The van der Waals surface area contributed by atoms with Crippen LogP contribution in [0, 0.1) is 11.8 Å². The molecule has 1 aliphatic carbocycles. The van der Waals surface area contributed by atoms with E-state index in [4.69, 9.17) is 0 Å². The molecule has 0 amide bonds. The second-order valence-electron chi connectivity index (χ2n) is 5.37. The van der Waals surface area contributed by atoms with Crippen molar-refractivity contribution in [1.29, 1.82) is 0 Å². The lowest BCUT2D eigenvalue weighted by Gasteiger charge is -2.21. The normalized spacial score (nSPS) is 21.0. The molecule has 0 radical (unpaired) electrons. The van der Waals surface area contributed by atoms with Gasteiger partial charge in [0.15, 0.2) is 0 Å². The minimum Gasteiger partial charge on any atom is -0.0840 e. The number of rotatable bonds is 6. The molecule has 1 atom stereocenters. The van der Waals surface area contributed by atoms with Crippen molar-refractivity contribution in [3.63, 3.8) is 0 Å². The Morgan fingerprint density at radius 2 is 1.88 bits per heavy atom. The van der Waals surface area contributed by atoms with Gasteiger partial charge in [-0.1, -0.05) is 63.3 Å². The molecule has 0 fully saturated rings. The highest BCUT2D eigenvalue weighted by atomic mass is 14.2. The van der Waals surface area contributed by atoms with Gasteiger partial charge in [0.2, 0.25) is 0 Å². The minimum absolute atomic E-state index is 0.900. The summed E-state index contributed by atoms with van der Waals surface area (Å²) < 4.78 is 0. The van der Waals surface area contributed by atoms with E-state index in [1.807, 2.05) is 0 Å². The highest BCUT2D eigenvalue weighted by molar-refractivity contribution is 5.18. The third-order valence-corrected chi connectivity index (χ3v) is 3.68. The summed E-state index contributed by atoms with van der Waals surface area (Å²) >= 11 is 0. The summed E-state index contributed by atoms with van der Waals surface area (Å²) in [6.07, 6.45) is 16.7. The molecule has 0 nitrogen and oxygen atoms in total. The standard InChI is InChI=1S/C16H28/c1-4-7-15(8-5-2)13-16-10-6-9-14(3)11-12-16/h6,9,11,15-16H,4-5,7-8,10,12-13H2,1-3H3. The van der Waals surface area contributed by atoms with Crippen LogP contribution in [0.2, 0.25) is 0 Å².